The number of likely N-dealkylation sites (tertiary alicyclic amines) is 1. The van der Waals surface area contributed by atoms with Crippen molar-refractivity contribution < 1.29 is 4.79 Å². The quantitative estimate of drug-likeness (QED) is 0.270. The van der Waals surface area contributed by atoms with Crippen LogP contribution in [0.15, 0.2) is 30.3 Å². The van der Waals surface area contributed by atoms with Crippen LogP contribution >= 0.6 is 0 Å². The molecule has 0 radical (unpaired) electrons. The molecule has 1 heterocycles. The van der Waals surface area contributed by atoms with Crippen LogP contribution in [-0.4, -0.2) is 42.9 Å². The Bertz CT molecular complexity index is 733. The number of piperidine rings is 1. The maximum atomic E-state index is 12.9. The highest BCUT2D eigenvalue weighted by Gasteiger charge is 2.42. The molecule has 172 valence electrons. The SMILES string of the molecule is CCC(=O)N(C#C[Si](C(C)C)(C(C)C)C(C)C)C1CCN(C(C)c2ccccc2)CC1. The van der Waals surface area contributed by atoms with Crippen molar-refractivity contribution in [1.29, 1.82) is 0 Å². The van der Waals surface area contributed by atoms with Gasteiger partial charge in [0.05, 0.1) is 0 Å². The summed E-state index contributed by atoms with van der Waals surface area (Å²) in [5.41, 5.74) is 6.88. The second-order valence-electron chi connectivity index (χ2n) is 10.1. The monoisotopic (exact) mass is 440 g/mol. The van der Waals surface area contributed by atoms with E-state index in [4.69, 9.17) is 0 Å². The van der Waals surface area contributed by atoms with Crippen molar-refractivity contribution in [3.05, 3.63) is 35.9 Å². The first-order valence-electron chi connectivity index (χ1n) is 12.3. The number of benzene rings is 1. The van der Waals surface area contributed by atoms with E-state index in [1.807, 2.05) is 11.8 Å². The van der Waals surface area contributed by atoms with E-state index in [0.29, 0.717) is 29.1 Å². The molecule has 0 N–H and O–H groups in total. The summed E-state index contributed by atoms with van der Waals surface area (Å²) < 4.78 is 0. The van der Waals surface area contributed by atoms with Crippen molar-refractivity contribution in [3.8, 4) is 11.6 Å². The first kappa shape index (κ1) is 25.7. The average Bonchev–Trinajstić information content (AvgIpc) is 2.76. The van der Waals surface area contributed by atoms with Crippen LogP contribution < -0.4 is 0 Å². The molecule has 1 aliphatic rings. The van der Waals surface area contributed by atoms with Gasteiger partial charge in [-0.15, -0.1) is 5.54 Å². The van der Waals surface area contributed by atoms with E-state index in [1.165, 1.54) is 5.56 Å². The first-order chi connectivity index (χ1) is 14.6. The van der Waals surface area contributed by atoms with Crippen LogP contribution in [0.2, 0.25) is 16.6 Å². The van der Waals surface area contributed by atoms with Gasteiger partial charge in [-0.25, -0.2) is 0 Å². The molecule has 4 heteroatoms. The van der Waals surface area contributed by atoms with Gasteiger partial charge in [-0.05, 0) is 42.0 Å². The lowest BCUT2D eigenvalue weighted by Gasteiger charge is -2.40. The third-order valence-corrected chi connectivity index (χ3v) is 13.8. The molecule has 0 saturated carbocycles. The van der Waals surface area contributed by atoms with Crippen LogP contribution in [0.5, 0.6) is 0 Å². The molecular formula is C27H44N2OSi. The molecule has 1 aliphatic heterocycles. The Morgan fingerprint density at radius 1 is 1.00 bits per heavy atom. The second-order valence-corrected chi connectivity index (χ2v) is 15.7. The number of hydrogen-bond acceptors (Lipinski definition) is 2. The highest BCUT2D eigenvalue weighted by atomic mass is 28.3. The van der Waals surface area contributed by atoms with Crippen LogP contribution in [-0.2, 0) is 4.79 Å². The Morgan fingerprint density at radius 3 is 1.97 bits per heavy atom. The predicted molar refractivity (Wildman–Crippen MR) is 135 cm³/mol. The summed E-state index contributed by atoms with van der Waals surface area (Å²) in [5, 5.41) is 0. The fourth-order valence-corrected chi connectivity index (χ4v) is 10.8. The standard InChI is InChI=1S/C27H44N2OSi/c1-9-27(30)29(19-20-31(21(2)3,22(4)5)23(6)7)26-15-17-28(18-16-26)24(8)25-13-11-10-12-14-25/h10-14,21-24,26H,9,15-18H2,1-8H3. The Kier molecular flexibility index (Phi) is 9.39. The smallest absolute Gasteiger partial charge is 0.234 e. The van der Waals surface area contributed by atoms with Gasteiger partial charge in [0.15, 0.2) is 0 Å². The molecule has 1 atom stereocenters. The fraction of sp³-hybridized carbons (Fsp3) is 0.667. The van der Waals surface area contributed by atoms with Crippen LogP contribution in [0.3, 0.4) is 0 Å². The van der Waals surface area contributed by atoms with Gasteiger partial charge in [-0.3, -0.25) is 14.6 Å². The van der Waals surface area contributed by atoms with E-state index in [1.54, 1.807) is 0 Å². The van der Waals surface area contributed by atoms with E-state index < -0.39 is 8.07 Å². The zero-order valence-corrected chi connectivity index (χ0v) is 22.1. The number of rotatable bonds is 7. The van der Waals surface area contributed by atoms with Crippen LogP contribution in [0.4, 0.5) is 0 Å². The number of amides is 1. The van der Waals surface area contributed by atoms with E-state index in [9.17, 15) is 4.79 Å². The number of hydrogen-bond donors (Lipinski definition) is 0. The Morgan fingerprint density at radius 2 is 1.52 bits per heavy atom. The Labute approximate surface area is 192 Å². The summed E-state index contributed by atoms with van der Waals surface area (Å²) >= 11 is 0. The van der Waals surface area contributed by atoms with Crippen molar-refractivity contribution in [3.63, 3.8) is 0 Å². The molecule has 0 spiro atoms. The molecule has 1 saturated heterocycles. The Balaban J connectivity index is 2.20. The van der Waals surface area contributed by atoms with Crippen molar-refractivity contribution in [2.75, 3.05) is 13.1 Å². The lowest BCUT2D eigenvalue weighted by Crippen LogP contribution is -2.47. The highest BCUT2D eigenvalue weighted by Crippen LogP contribution is 2.40. The minimum atomic E-state index is -1.85. The minimum Gasteiger partial charge on any atom is -0.296 e. The molecule has 0 aliphatic carbocycles. The van der Waals surface area contributed by atoms with Gasteiger partial charge in [0, 0.05) is 37.6 Å². The van der Waals surface area contributed by atoms with Gasteiger partial charge in [-0.1, -0.05) is 78.8 Å². The molecule has 0 aromatic heterocycles. The average molecular weight is 441 g/mol. The number of carbonyl (C=O) groups excluding carboxylic acids is 1. The summed E-state index contributed by atoms with van der Waals surface area (Å²) in [6, 6.07) is 14.8. The van der Waals surface area contributed by atoms with Gasteiger partial charge in [0.2, 0.25) is 5.91 Å². The lowest BCUT2D eigenvalue weighted by atomic mass is 9.99. The molecule has 1 fully saturated rings. The van der Waals surface area contributed by atoms with Crippen molar-refractivity contribution >= 4 is 14.0 Å². The maximum Gasteiger partial charge on any atom is 0.234 e. The predicted octanol–water partition coefficient (Wildman–Crippen LogP) is 6.63. The molecule has 1 aromatic rings. The fourth-order valence-electron chi connectivity index (χ4n) is 5.59. The van der Waals surface area contributed by atoms with Gasteiger partial charge < -0.3 is 0 Å². The lowest BCUT2D eigenvalue weighted by molar-refractivity contribution is -0.130. The topological polar surface area (TPSA) is 23.6 Å². The zero-order chi connectivity index (χ0) is 23.2. The van der Waals surface area contributed by atoms with Crippen molar-refractivity contribution in [2.24, 2.45) is 0 Å². The molecule has 2 rings (SSSR count). The molecule has 31 heavy (non-hydrogen) atoms. The summed E-state index contributed by atoms with van der Waals surface area (Å²) in [6.45, 7) is 20.3. The van der Waals surface area contributed by atoms with E-state index in [0.717, 1.165) is 25.9 Å². The van der Waals surface area contributed by atoms with E-state index >= 15 is 0 Å². The van der Waals surface area contributed by atoms with Gasteiger partial charge in [0.1, 0.15) is 8.07 Å². The zero-order valence-electron chi connectivity index (χ0n) is 21.1. The highest BCUT2D eigenvalue weighted by molar-refractivity contribution is 6.90. The third kappa shape index (κ3) is 5.82. The Hall–Kier alpha value is -1.57. The molecule has 0 bridgehead atoms. The summed E-state index contributed by atoms with van der Waals surface area (Å²) in [5.74, 6) is 0.182. The molecule has 3 nitrogen and oxygen atoms in total. The van der Waals surface area contributed by atoms with Crippen LogP contribution in [0, 0.1) is 11.6 Å². The number of nitrogens with zero attached hydrogens (tertiary/aromatic N) is 2. The molecular weight excluding hydrogens is 396 g/mol. The van der Waals surface area contributed by atoms with Crippen molar-refractivity contribution in [1.82, 2.24) is 9.80 Å². The summed E-state index contributed by atoms with van der Waals surface area (Å²) in [6.07, 6.45) is 2.52. The second kappa shape index (κ2) is 11.3. The van der Waals surface area contributed by atoms with Crippen molar-refractivity contribution in [2.45, 2.75) is 103 Å². The third-order valence-electron chi connectivity index (χ3n) is 7.52. The number of carbonyl (C=O) groups is 1. The van der Waals surface area contributed by atoms with Crippen LogP contribution in [0.1, 0.15) is 86.3 Å². The van der Waals surface area contributed by atoms with Crippen LogP contribution in [0.25, 0.3) is 0 Å². The van der Waals surface area contributed by atoms with E-state index in [2.05, 4.69) is 95.3 Å². The molecule has 1 amide bonds. The largest absolute Gasteiger partial charge is 0.296 e. The van der Waals surface area contributed by atoms with Gasteiger partial charge in [0.25, 0.3) is 0 Å². The summed E-state index contributed by atoms with van der Waals surface area (Å²) in [4.78, 5) is 17.4. The van der Waals surface area contributed by atoms with Gasteiger partial charge in [-0.2, -0.15) is 0 Å². The first-order valence-corrected chi connectivity index (χ1v) is 14.5. The normalized spacial score (nSPS) is 17.0. The minimum absolute atomic E-state index is 0.182. The van der Waals surface area contributed by atoms with E-state index in [-0.39, 0.29) is 11.9 Å². The summed E-state index contributed by atoms with van der Waals surface area (Å²) in [7, 11) is -1.85. The molecule has 1 unspecified atom stereocenters. The van der Waals surface area contributed by atoms with Gasteiger partial charge >= 0.3 is 0 Å². The molecule has 1 aromatic carbocycles. The maximum absolute atomic E-state index is 12.9.